The van der Waals surface area contributed by atoms with Crippen LogP contribution in [0.25, 0.3) is 0 Å². The fourth-order valence-electron chi connectivity index (χ4n) is 1.62. The van der Waals surface area contributed by atoms with Crippen LogP contribution in [0, 0.1) is 0 Å². The molecule has 8 nitrogen and oxygen atoms in total. The number of hydrogen-bond donors (Lipinski definition) is 0. The highest BCUT2D eigenvalue weighted by atomic mass is 16.6. The van der Waals surface area contributed by atoms with Crippen molar-refractivity contribution in [3.8, 4) is 0 Å². The summed E-state index contributed by atoms with van der Waals surface area (Å²) >= 11 is 0. The molecule has 8 heteroatoms. The first-order valence-corrected chi connectivity index (χ1v) is 8.33. The lowest BCUT2D eigenvalue weighted by molar-refractivity contribution is -0.159. The van der Waals surface area contributed by atoms with E-state index in [-0.39, 0.29) is 26.1 Å². The fraction of sp³-hybridized carbons (Fsp3) is 0.556. The van der Waals surface area contributed by atoms with E-state index in [0.717, 1.165) is 12.2 Å². The van der Waals surface area contributed by atoms with E-state index in [9.17, 15) is 19.2 Å². The highest BCUT2D eigenvalue weighted by molar-refractivity contribution is 5.82. The predicted molar refractivity (Wildman–Crippen MR) is 91.9 cm³/mol. The normalized spacial score (nSPS) is 12.2. The third-order valence-corrected chi connectivity index (χ3v) is 3.20. The Morgan fingerprint density at radius 1 is 0.769 bits per heavy atom. The molecule has 0 aromatic carbocycles. The molecule has 26 heavy (non-hydrogen) atoms. The van der Waals surface area contributed by atoms with Gasteiger partial charge in [0.15, 0.2) is 0 Å². The molecule has 0 aliphatic rings. The van der Waals surface area contributed by atoms with Crippen LogP contribution < -0.4 is 0 Å². The summed E-state index contributed by atoms with van der Waals surface area (Å²) in [5.41, 5.74) is 0. The number of hydrogen-bond acceptors (Lipinski definition) is 8. The van der Waals surface area contributed by atoms with Crippen LogP contribution in [0.5, 0.6) is 0 Å². The lowest BCUT2D eigenvalue weighted by Gasteiger charge is -2.16. The monoisotopic (exact) mass is 370 g/mol. The molecule has 0 rings (SSSR count). The summed E-state index contributed by atoms with van der Waals surface area (Å²) in [4.78, 5) is 45.5. The van der Waals surface area contributed by atoms with Crippen molar-refractivity contribution in [2.75, 3.05) is 13.2 Å². The fourth-order valence-corrected chi connectivity index (χ4v) is 1.62. The molecule has 0 aromatic rings. The zero-order valence-corrected chi connectivity index (χ0v) is 15.2. The van der Waals surface area contributed by atoms with E-state index in [1.165, 1.54) is 0 Å². The Morgan fingerprint density at radius 3 is 1.38 bits per heavy atom. The summed E-state index contributed by atoms with van der Waals surface area (Å²) < 4.78 is 19.9. The molecule has 0 fully saturated rings. The van der Waals surface area contributed by atoms with E-state index in [2.05, 4.69) is 13.2 Å². The van der Waals surface area contributed by atoms with Crippen molar-refractivity contribution in [1.29, 1.82) is 0 Å². The topological polar surface area (TPSA) is 105 Å². The zero-order valence-electron chi connectivity index (χ0n) is 15.2. The zero-order chi connectivity index (χ0) is 19.9. The SMILES string of the molecule is C=CC(=O)OC(CC)COC(=O)CCC(=O)OCC(CC)OC(=O)C=C. The van der Waals surface area contributed by atoms with Gasteiger partial charge in [0.2, 0.25) is 0 Å². The van der Waals surface area contributed by atoms with Gasteiger partial charge < -0.3 is 18.9 Å². The van der Waals surface area contributed by atoms with Crippen LogP contribution in [0.1, 0.15) is 39.5 Å². The van der Waals surface area contributed by atoms with Crippen LogP contribution >= 0.6 is 0 Å². The molecule has 0 radical (unpaired) electrons. The summed E-state index contributed by atoms with van der Waals surface area (Å²) in [6.45, 7) is 9.92. The molecule has 0 aliphatic carbocycles. The van der Waals surface area contributed by atoms with Gasteiger partial charge in [-0.1, -0.05) is 27.0 Å². The first kappa shape index (κ1) is 23.4. The Bertz CT molecular complexity index is 465. The van der Waals surface area contributed by atoms with Crippen molar-refractivity contribution in [2.24, 2.45) is 0 Å². The van der Waals surface area contributed by atoms with Crippen molar-refractivity contribution in [3.05, 3.63) is 25.3 Å². The average molecular weight is 370 g/mol. The molecule has 2 atom stereocenters. The van der Waals surface area contributed by atoms with Crippen molar-refractivity contribution in [3.63, 3.8) is 0 Å². The Hall–Kier alpha value is -2.64. The van der Waals surface area contributed by atoms with E-state index >= 15 is 0 Å². The van der Waals surface area contributed by atoms with Crippen molar-refractivity contribution in [1.82, 2.24) is 0 Å². The van der Waals surface area contributed by atoms with Gasteiger partial charge in [-0.05, 0) is 12.8 Å². The largest absolute Gasteiger partial charge is 0.462 e. The summed E-state index contributed by atoms with van der Waals surface area (Å²) in [6.07, 6.45) is 1.50. The lowest BCUT2D eigenvalue weighted by atomic mass is 10.3. The van der Waals surface area contributed by atoms with Gasteiger partial charge in [0, 0.05) is 12.2 Å². The van der Waals surface area contributed by atoms with Crippen LogP contribution in [0.2, 0.25) is 0 Å². The molecule has 0 saturated heterocycles. The summed E-state index contributed by atoms with van der Waals surface area (Å²) in [7, 11) is 0. The molecule has 0 spiro atoms. The van der Waals surface area contributed by atoms with Gasteiger partial charge >= 0.3 is 23.9 Å². The quantitative estimate of drug-likeness (QED) is 0.275. The molecule has 0 bridgehead atoms. The van der Waals surface area contributed by atoms with Gasteiger partial charge in [0.1, 0.15) is 25.4 Å². The van der Waals surface area contributed by atoms with E-state index in [1.807, 2.05) is 0 Å². The highest BCUT2D eigenvalue weighted by Crippen LogP contribution is 2.05. The molecule has 0 heterocycles. The lowest BCUT2D eigenvalue weighted by Crippen LogP contribution is -2.25. The van der Waals surface area contributed by atoms with Crippen LogP contribution in [0.15, 0.2) is 25.3 Å². The minimum atomic E-state index is -0.611. The van der Waals surface area contributed by atoms with Crippen LogP contribution in [-0.2, 0) is 38.1 Å². The molecule has 0 aliphatic heterocycles. The molecule has 146 valence electrons. The number of carbonyl (C=O) groups is 4. The maximum atomic E-state index is 11.6. The highest BCUT2D eigenvalue weighted by Gasteiger charge is 2.17. The summed E-state index contributed by atoms with van der Waals surface area (Å²) in [5.74, 6) is -2.42. The van der Waals surface area contributed by atoms with Crippen molar-refractivity contribution >= 4 is 23.9 Å². The minimum Gasteiger partial charge on any atom is -0.462 e. The maximum Gasteiger partial charge on any atom is 0.330 e. The van der Waals surface area contributed by atoms with Gasteiger partial charge in [-0.2, -0.15) is 0 Å². The number of esters is 4. The molecule has 0 amide bonds. The predicted octanol–water partition coefficient (Wildman–Crippen LogP) is 1.87. The van der Waals surface area contributed by atoms with Crippen LogP contribution in [0.3, 0.4) is 0 Å². The standard InChI is InChI=1S/C18H26O8/c1-5-13(25-15(19)7-3)11-23-17(21)9-10-18(22)24-12-14(6-2)26-16(20)8-4/h7-8,13-14H,3-6,9-12H2,1-2H3. The second-order valence-electron chi connectivity index (χ2n) is 5.21. The van der Waals surface area contributed by atoms with Gasteiger partial charge in [-0.3, -0.25) is 9.59 Å². The van der Waals surface area contributed by atoms with Crippen LogP contribution in [0.4, 0.5) is 0 Å². The van der Waals surface area contributed by atoms with Crippen molar-refractivity contribution < 1.29 is 38.1 Å². The second kappa shape index (κ2) is 13.6. The van der Waals surface area contributed by atoms with E-state index < -0.39 is 36.1 Å². The maximum absolute atomic E-state index is 11.6. The van der Waals surface area contributed by atoms with Gasteiger partial charge in [-0.25, -0.2) is 9.59 Å². The van der Waals surface area contributed by atoms with E-state index in [0.29, 0.717) is 12.8 Å². The van der Waals surface area contributed by atoms with Gasteiger partial charge in [0.25, 0.3) is 0 Å². The van der Waals surface area contributed by atoms with Crippen molar-refractivity contribution in [2.45, 2.75) is 51.7 Å². The van der Waals surface area contributed by atoms with E-state index in [1.54, 1.807) is 13.8 Å². The average Bonchev–Trinajstić information content (AvgIpc) is 2.65. The van der Waals surface area contributed by atoms with Gasteiger partial charge in [-0.15, -0.1) is 0 Å². The minimum absolute atomic E-state index is 0.0978. The first-order valence-electron chi connectivity index (χ1n) is 8.33. The first-order chi connectivity index (χ1) is 12.4. The van der Waals surface area contributed by atoms with E-state index in [4.69, 9.17) is 18.9 Å². The Morgan fingerprint density at radius 2 is 1.12 bits per heavy atom. The third kappa shape index (κ3) is 11.0. The molecular formula is C18H26O8. The molecular weight excluding hydrogens is 344 g/mol. The smallest absolute Gasteiger partial charge is 0.330 e. The second-order valence-corrected chi connectivity index (χ2v) is 5.21. The number of carbonyl (C=O) groups excluding carboxylic acids is 4. The number of rotatable bonds is 13. The Kier molecular flexibility index (Phi) is 12.2. The summed E-state index contributed by atoms with van der Waals surface area (Å²) in [6, 6.07) is 0. The molecule has 0 aromatic heterocycles. The number of ether oxygens (including phenoxy) is 4. The molecule has 0 N–H and O–H groups in total. The Balaban J connectivity index is 4.08. The molecule has 0 saturated carbocycles. The van der Waals surface area contributed by atoms with Crippen LogP contribution in [-0.4, -0.2) is 49.3 Å². The summed E-state index contributed by atoms with van der Waals surface area (Å²) in [5, 5.41) is 0. The van der Waals surface area contributed by atoms with Gasteiger partial charge in [0.05, 0.1) is 12.8 Å². The third-order valence-electron chi connectivity index (χ3n) is 3.20. The molecule has 2 unspecified atom stereocenters. The Labute approximate surface area is 153 Å².